The molecule has 1 amide bonds. The number of pyridine rings is 1. The molecule has 24 heavy (non-hydrogen) atoms. The van der Waals surface area contributed by atoms with Gasteiger partial charge >= 0.3 is 0 Å². The number of primary amides is 1. The molecule has 3 aromatic rings. The third-order valence-electron chi connectivity index (χ3n) is 3.32. The minimum Gasteiger partial charge on any atom is -0.368 e. The summed E-state index contributed by atoms with van der Waals surface area (Å²) in [6.07, 6.45) is 1.64. The molecule has 2 heterocycles. The lowest BCUT2D eigenvalue weighted by Gasteiger charge is -2.12. The zero-order chi connectivity index (χ0) is 17.1. The van der Waals surface area contributed by atoms with E-state index in [1.807, 2.05) is 0 Å². The van der Waals surface area contributed by atoms with Crippen LogP contribution in [0.1, 0.15) is 5.82 Å². The molecule has 0 fully saturated rings. The molecule has 6 nitrogen and oxygen atoms in total. The van der Waals surface area contributed by atoms with Crippen molar-refractivity contribution >= 4 is 40.2 Å². The van der Waals surface area contributed by atoms with E-state index in [0.717, 1.165) is 0 Å². The number of hydrogen-bond acceptors (Lipinski definition) is 5. The highest BCUT2D eigenvalue weighted by molar-refractivity contribution is 7.98. The predicted molar refractivity (Wildman–Crippen MR) is 94.0 cm³/mol. The van der Waals surface area contributed by atoms with Crippen molar-refractivity contribution in [3.63, 3.8) is 0 Å². The highest BCUT2D eigenvalue weighted by Gasteiger charge is 2.13. The van der Waals surface area contributed by atoms with Crippen molar-refractivity contribution in [2.45, 2.75) is 17.3 Å². The van der Waals surface area contributed by atoms with E-state index in [9.17, 15) is 9.59 Å². The summed E-state index contributed by atoms with van der Waals surface area (Å²) in [5.74, 6) is 0.185. The standard InChI is InChI=1S/C16H13ClN4O2S/c17-11-5-3-7-19-15(11)24-9-14-20-12-6-2-1-4-10(12)16(23)21(14)8-13(18)22/h1-7H,8-9H2,(H2,18,22). The SMILES string of the molecule is NC(=O)Cn1c(CSc2ncccc2Cl)nc2ccccc2c1=O. The van der Waals surface area contributed by atoms with Gasteiger partial charge in [-0.05, 0) is 24.3 Å². The molecule has 0 bridgehead atoms. The first-order valence-electron chi connectivity index (χ1n) is 7.06. The lowest BCUT2D eigenvalue weighted by Crippen LogP contribution is -2.31. The molecule has 122 valence electrons. The number of nitrogens with zero attached hydrogens (tertiary/aromatic N) is 3. The van der Waals surface area contributed by atoms with Crippen molar-refractivity contribution in [3.05, 3.63) is 63.8 Å². The van der Waals surface area contributed by atoms with Crippen LogP contribution in [0.15, 0.2) is 52.4 Å². The van der Waals surface area contributed by atoms with E-state index in [0.29, 0.717) is 32.5 Å². The number of nitrogens with two attached hydrogens (primary N) is 1. The zero-order valence-corrected chi connectivity index (χ0v) is 14.0. The molecular formula is C16H13ClN4O2S. The summed E-state index contributed by atoms with van der Waals surface area (Å²) < 4.78 is 1.30. The maximum absolute atomic E-state index is 12.6. The van der Waals surface area contributed by atoms with Crippen molar-refractivity contribution in [2.75, 3.05) is 0 Å². The van der Waals surface area contributed by atoms with E-state index in [2.05, 4.69) is 9.97 Å². The Kier molecular flexibility index (Phi) is 4.82. The van der Waals surface area contributed by atoms with Crippen LogP contribution in [-0.4, -0.2) is 20.4 Å². The Bertz CT molecular complexity index is 974. The van der Waals surface area contributed by atoms with Crippen LogP contribution >= 0.6 is 23.4 Å². The lowest BCUT2D eigenvalue weighted by atomic mass is 10.2. The monoisotopic (exact) mass is 360 g/mol. The van der Waals surface area contributed by atoms with Gasteiger partial charge in [-0.1, -0.05) is 35.5 Å². The summed E-state index contributed by atoms with van der Waals surface area (Å²) >= 11 is 7.44. The lowest BCUT2D eigenvalue weighted by molar-refractivity contribution is -0.118. The van der Waals surface area contributed by atoms with E-state index in [1.54, 1.807) is 42.6 Å². The molecule has 0 radical (unpaired) electrons. The molecule has 0 aliphatic rings. The van der Waals surface area contributed by atoms with Crippen molar-refractivity contribution < 1.29 is 4.79 Å². The average Bonchev–Trinajstić information content (AvgIpc) is 2.57. The minimum absolute atomic E-state index is 0.220. The van der Waals surface area contributed by atoms with Crippen LogP contribution in [0.4, 0.5) is 0 Å². The number of thioether (sulfide) groups is 1. The molecule has 8 heteroatoms. The number of rotatable bonds is 5. The summed E-state index contributed by atoms with van der Waals surface area (Å²) in [4.78, 5) is 32.6. The molecule has 1 aromatic carbocycles. The van der Waals surface area contributed by atoms with Gasteiger partial charge in [0, 0.05) is 6.20 Å². The first kappa shape index (κ1) is 16.5. The van der Waals surface area contributed by atoms with Crippen LogP contribution in [-0.2, 0) is 17.1 Å². The fraction of sp³-hybridized carbons (Fsp3) is 0.125. The van der Waals surface area contributed by atoms with Gasteiger partial charge in [-0.15, -0.1) is 0 Å². The zero-order valence-electron chi connectivity index (χ0n) is 12.5. The van der Waals surface area contributed by atoms with Crippen LogP contribution in [0.3, 0.4) is 0 Å². The van der Waals surface area contributed by atoms with Crippen molar-refractivity contribution in [3.8, 4) is 0 Å². The van der Waals surface area contributed by atoms with Gasteiger partial charge in [0.1, 0.15) is 17.4 Å². The van der Waals surface area contributed by atoms with E-state index in [4.69, 9.17) is 17.3 Å². The number of halogens is 1. The smallest absolute Gasteiger partial charge is 0.261 e. The number of para-hydroxylation sites is 1. The van der Waals surface area contributed by atoms with E-state index >= 15 is 0 Å². The number of carbonyl (C=O) groups excluding carboxylic acids is 1. The van der Waals surface area contributed by atoms with Crippen molar-refractivity contribution in [1.82, 2.24) is 14.5 Å². The van der Waals surface area contributed by atoms with Gasteiger partial charge in [0.05, 0.1) is 21.7 Å². The molecule has 0 saturated carbocycles. The van der Waals surface area contributed by atoms with E-state index in [1.165, 1.54) is 16.3 Å². The molecule has 2 aromatic heterocycles. The summed E-state index contributed by atoms with van der Waals surface area (Å²) in [5, 5.41) is 1.60. The number of aromatic nitrogens is 3. The molecule has 0 spiro atoms. The predicted octanol–water partition coefficient (Wildman–Crippen LogP) is 2.22. The second-order valence-corrected chi connectivity index (χ2v) is 6.35. The minimum atomic E-state index is -0.601. The maximum Gasteiger partial charge on any atom is 0.261 e. The van der Waals surface area contributed by atoms with E-state index in [-0.39, 0.29) is 12.1 Å². The third-order valence-corrected chi connectivity index (χ3v) is 4.74. The fourth-order valence-corrected chi connectivity index (χ4v) is 3.37. The highest BCUT2D eigenvalue weighted by Crippen LogP contribution is 2.26. The van der Waals surface area contributed by atoms with Crippen LogP contribution in [0, 0.1) is 0 Å². The van der Waals surface area contributed by atoms with Gasteiger partial charge in [-0.25, -0.2) is 9.97 Å². The van der Waals surface area contributed by atoms with Crippen LogP contribution < -0.4 is 11.3 Å². The fourth-order valence-electron chi connectivity index (χ4n) is 2.25. The van der Waals surface area contributed by atoms with Gasteiger partial charge in [0.15, 0.2) is 0 Å². The average molecular weight is 361 g/mol. The topological polar surface area (TPSA) is 90.9 Å². The number of carbonyl (C=O) groups is 1. The normalized spacial score (nSPS) is 10.9. The summed E-state index contributed by atoms with van der Waals surface area (Å²) in [6.45, 7) is -0.220. The Hall–Kier alpha value is -2.38. The van der Waals surface area contributed by atoms with Crippen molar-refractivity contribution in [1.29, 1.82) is 0 Å². The maximum atomic E-state index is 12.6. The van der Waals surface area contributed by atoms with Gasteiger partial charge < -0.3 is 5.73 Å². The van der Waals surface area contributed by atoms with Gasteiger partial charge in [0.2, 0.25) is 5.91 Å². The first-order valence-corrected chi connectivity index (χ1v) is 8.42. The first-order chi connectivity index (χ1) is 11.6. The molecule has 0 unspecified atom stereocenters. The number of amides is 1. The molecule has 2 N–H and O–H groups in total. The molecule has 0 atom stereocenters. The van der Waals surface area contributed by atoms with Gasteiger partial charge in [-0.2, -0.15) is 0 Å². The van der Waals surface area contributed by atoms with Crippen LogP contribution in [0.5, 0.6) is 0 Å². The van der Waals surface area contributed by atoms with Crippen LogP contribution in [0.25, 0.3) is 10.9 Å². The number of fused-ring (bicyclic) bond motifs is 1. The number of hydrogen-bond donors (Lipinski definition) is 1. The Morgan fingerprint density at radius 1 is 1.25 bits per heavy atom. The Morgan fingerprint density at radius 3 is 2.79 bits per heavy atom. The Morgan fingerprint density at radius 2 is 2.04 bits per heavy atom. The second-order valence-electron chi connectivity index (χ2n) is 4.98. The van der Waals surface area contributed by atoms with E-state index < -0.39 is 5.91 Å². The molecular weight excluding hydrogens is 348 g/mol. The largest absolute Gasteiger partial charge is 0.368 e. The Balaban J connectivity index is 2.03. The summed E-state index contributed by atoms with van der Waals surface area (Å²) in [7, 11) is 0. The van der Waals surface area contributed by atoms with Crippen LogP contribution in [0.2, 0.25) is 5.02 Å². The third kappa shape index (κ3) is 3.42. The highest BCUT2D eigenvalue weighted by atomic mass is 35.5. The second kappa shape index (κ2) is 7.02. The quantitative estimate of drug-likeness (QED) is 0.704. The molecule has 0 saturated heterocycles. The molecule has 0 aliphatic heterocycles. The molecule has 3 rings (SSSR count). The van der Waals surface area contributed by atoms with Crippen molar-refractivity contribution in [2.24, 2.45) is 5.73 Å². The summed E-state index contributed by atoms with van der Waals surface area (Å²) in [5.41, 5.74) is 5.56. The number of benzene rings is 1. The van der Waals surface area contributed by atoms with Gasteiger partial charge in [0.25, 0.3) is 5.56 Å². The molecule has 0 aliphatic carbocycles. The summed E-state index contributed by atoms with van der Waals surface area (Å²) in [6, 6.07) is 10.5. The van der Waals surface area contributed by atoms with Gasteiger partial charge in [-0.3, -0.25) is 14.2 Å². The Labute approximate surface area is 146 Å².